The zero-order chi connectivity index (χ0) is 13.5. The van der Waals surface area contributed by atoms with E-state index in [1.165, 1.54) is 12.1 Å². The van der Waals surface area contributed by atoms with Gasteiger partial charge in [-0.2, -0.15) is 0 Å². The third-order valence-electron chi connectivity index (χ3n) is 2.34. The molecular formula is C12H7F5O. The molecule has 0 saturated carbocycles. The lowest BCUT2D eigenvalue weighted by Crippen LogP contribution is -2.18. The number of benzene rings is 2. The lowest BCUT2D eigenvalue weighted by atomic mass is 10.1. The molecule has 2 aromatic rings. The Balaban J connectivity index is 2.64. The first-order valence-corrected chi connectivity index (χ1v) is 4.92. The second-order valence-electron chi connectivity index (χ2n) is 3.77. The molecule has 96 valence electrons. The van der Waals surface area contributed by atoms with Gasteiger partial charge in [0.1, 0.15) is 5.82 Å². The molecule has 0 heterocycles. The van der Waals surface area contributed by atoms with Crippen LogP contribution in [0.4, 0.5) is 22.0 Å². The van der Waals surface area contributed by atoms with E-state index in [0.29, 0.717) is 5.56 Å². The molecule has 2 aromatic carbocycles. The lowest BCUT2D eigenvalue weighted by Gasteiger charge is -2.11. The third-order valence-corrected chi connectivity index (χ3v) is 2.34. The van der Waals surface area contributed by atoms with Crippen LogP contribution in [0.1, 0.15) is 5.56 Å². The molecule has 0 aromatic heterocycles. The largest absolute Gasteiger partial charge is 0.573 e. The Morgan fingerprint density at radius 3 is 2.33 bits per heavy atom. The second-order valence-corrected chi connectivity index (χ2v) is 3.77. The number of halogens is 5. The Labute approximate surface area is 98.8 Å². The Kier molecular flexibility index (Phi) is 2.88. The number of aryl methyl sites for hydroxylation is 1. The van der Waals surface area contributed by atoms with Gasteiger partial charge in [-0.3, -0.25) is 0 Å². The van der Waals surface area contributed by atoms with Crippen LogP contribution in [0.15, 0.2) is 24.3 Å². The van der Waals surface area contributed by atoms with Crippen LogP contribution in [-0.4, -0.2) is 6.36 Å². The van der Waals surface area contributed by atoms with Gasteiger partial charge < -0.3 is 4.74 Å². The fraction of sp³-hybridized carbons (Fsp3) is 0.167. The van der Waals surface area contributed by atoms with E-state index >= 15 is 0 Å². The standard InChI is InChI=1S/C12H7F5O/c1-6-4-7-2-3-9(18-12(15,16)17)11(14)10(7)8(13)5-6/h2-5H,1H3. The normalized spacial score (nSPS) is 11.9. The van der Waals surface area contributed by atoms with Gasteiger partial charge in [0, 0.05) is 0 Å². The van der Waals surface area contributed by atoms with Crippen LogP contribution < -0.4 is 4.74 Å². The average molecular weight is 262 g/mol. The van der Waals surface area contributed by atoms with Gasteiger partial charge in [0.05, 0.1) is 5.39 Å². The molecule has 0 amide bonds. The van der Waals surface area contributed by atoms with Crippen molar-refractivity contribution in [2.45, 2.75) is 13.3 Å². The molecule has 0 N–H and O–H groups in total. The number of ether oxygens (including phenoxy) is 1. The summed E-state index contributed by atoms with van der Waals surface area (Å²) in [7, 11) is 0. The van der Waals surface area contributed by atoms with Crippen molar-refractivity contribution in [2.24, 2.45) is 0 Å². The zero-order valence-electron chi connectivity index (χ0n) is 9.11. The molecular weight excluding hydrogens is 255 g/mol. The SMILES string of the molecule is Cc1cc(F)c2c(F)c(OC(F)(F)F)ccc2c1. The summed E-state index contributed by atoms with van der Waals surface area (Å²) in [5, 5.41) is -0.332. The summed E-state index contributed by atoms with van der Waals surface area (Å²) >= 11 is 0. The summed E-state index contributed by atoms with van der Waals surface area (Å²) in [5.41, 5.74) is 0.545. The highest BCUT2D eigenvalue weighted by molar-refractivity contribution is 5.85. The van der Waals surface area contributed by atoms with Gasteiger partial charge in [0.25, 0.3) is 0 Å². The van der Waals surface area contributed by atoms with Gasteiger partial charge in [0.15, 0.2) is 11.6 Å². The number of fused-ring (bicyclic) bond motifs is 1. The molecule has 6 heteroatoms. The molecule has 0 radical (unpaired) electrons. The highest BCUT2D eigenvalue weighted by Crippen LogP contribution is 2.32. The minimum Gasteiger partial charge on any atom is -0.403 e. The van der Waals surface area contributed by atoms with E-state index in [1.807, 2.05) is 0 Å². The predicted octanol–water partition coefficient (Wildman–Crippen LogP) is 4.33. The number of hydrogen-bond donors (Lipinski definition) is 0. The van der Waals surface area contributed by atoms with Crippen LogP contribution in [0.5, 0.6) is 5.75 Å². The van der Waals surface area contributed by atoms with E-state index in [4.69, 9.17) is 0 Å². The van der Waals surface area contributed by atoms with E-state index < -0.39 is 29.1 Å². The smallest absolute Gasteiger partial charge is 0.403 e. The van der Waals surface area contributed by atoms with Crippen LogP contribution in [0.3, 0.4) is 0 Å². The lowest BCUT2D eigenvalue weighted by molar-refractivity contribution is -0.275. The molecule has 18 heavy (non-hydrogen) atoms. The van der Waals surface area contributed by atoms with Gasteiger partial charge >= 0.3 is 6.36 Å². The van der Waals surface area contributed by atoms with E-state index in [2.05, 4.69) is 4.74 Å². The maximum atomic E-state index is 13.7. The summed E-state index contributed by atoms with van der Waals surface area (Å²) in [6.07, 6.45) is -5.02. The van der Waals surface area contributed by atoms with E-state index in [0.717, 1.165) is 12.1 Å². The van der Waals surface area contributed by atoms with Crippen molar-refractivity contribution in [3.63, 3.8) is 0 Å². The van der Waals surface area contributed by atoms with Crippen molar-refractivity contribution in [1.29, 1.82) is 0 Å². The summed E-state index contributed by atoms with van der Waals surface area (Å²) in [5.74, 6) is -3.32. The molecule has 0 saturated heterocycles. The van der Waals surface area contributed by atoms with Crippen molar-refractivity contribution in [3.8, 4) is 5.75 Å². The Bertz CT molecular complexity index is 603. The number of hydrogen-bond acceptors (Lipinski definition) is 1. The van der Waals surface area contributed by atoms with Gasteiger partial charge in [-0.05, 0) is 30.0 Å². The first-order chi connectivity index (χ1) is 8.28. The van der Waals surface area contributed by atoms with E-state index in [-0.39, 0.29) is 5.39 Å². The van der Waals surface area contributed by atoms with Crippen molar-refractivity contribution in [1.82, 2.24) is 0 Å². The van der Waals surface area contributed by atoms with Crippen LogP contribution in [-0.2, 0) is 0 Å². The summed E-state index contributed by atoms with van der Waals surface area (Å²) < 4.78 is 66.8. The summed E-state index contributed by atoms with van der Waals surface area (Å²) in [4.78, 5) is 0. The van der Waals surface area contributed by atoms with E-state index in [1.54, 1.807) is 6.92 Å². The predicted molar refractivity (Wildman–Crippen MR) is 55.3 cm³/mol. The molecule has 0 aliphatic heterocycles. The third kappa shape index (κ3) is 2.37. The molecule has 0 aliphatic rings. The zero-order valence-corrected chi connectivity index (χ0v) is 9.11. The molecule has 0 bridgehead atoms. The van der Waals surface area contributed by atoms with Crippen molar-refractivity contribution < 1.29 is 26.7 Å². The maximum Gasteiger partial charge on any atom is 0.573 e. The summed E-state index contributed by atoms with van der Waals surface area (Å²) in [6, 6.07) is 4.52. The first kappa shape index (κ1) is 12.6. The minimum atomic E-state index is -5.02. The molecule has 1 nitrogen and oxygen atoms in total. The minimum absolute atomic E-state index is 0.180. The van der Waals surface area contributed by atoms with Crippen molar-refractivity contribution >= 4 is 10.8 Å². The molecule has 0 spiro atoms. The second kappa shape index (κ2) is 4.12. The highest BCUT2D eigenvalue weighted by atomic mass is 19.4. The molecule has 2 rings (SSSR count). The van der Waals surface area contributed by atoms with E-state index in [9.17, 15) is 22.0 Å². The van der Waals surface area contributed by atoms with Gasteiger partial charge in [-0.1, -0.05) is 12.1 Å². The van der Waals surface area contributed by atoms with Gasteiger partial charge in [-0.25, -0.2) is 8.78 Å². The quantitative estimate of drug-likeness (QED) is 0.695. The number of alkyl halides is 3. The highest BCUT2D eigenvalue weighted by Gasteiger charge is 2.32. The van der Waals surface area contributed by atoms with Crippen LogP contribution in [0, 0.1) is 18.6 Å². The Morgan fingerprint density at radius 2 is 1.72 bits per heavy atom. The van der Waals surface area contributed by atoms with Crippen molar-refractivity contribution in [3.05, 3.63) is 41.5 Å². The van der Waals surface area contributed by atoms with Gasteiger partial charge in [-0.15, -0.1) is 13.2 Å². The Hall–Kier alpha value is -1.85. The maximum absolute atomic E-state index is 13.7. The van der Waals surface area contributed by atoms with Crippen LogP contribution in [0.2, 0.25) is 0 Å². The summed E-state index contributed by atoms with van der Waals surface area (Å²) in [6.45, 7) is 1.60. The monoisotopic (exact) mass is 262 g/mol. The molecule has 0 fully saturated rings. The molecule has 0 aliphatic carbocycles. The fourth-order valence-corrected chi connectivity index (χ4v) is 1.70. The fourth-order valence-electron chi connectivity index (χ4n) is 1.70. The number of rotatable bonds is 1. The first-order valence-electron chi connectivity index (χ1n) is 4.92. The average Bonchev–Trinajstić information content (AvgIpc) is 2.19. The molecule has 0 atom stereocenters. The topological polar surface area (TPSA) is 9.23 Å². The van der Waals surface area contributed by atoms with Crippen LogP contribution in [0.25, 0.3) is 10.8 Å². The van der Waals surface area contributed by atoms with Crippen LogP contribution >= 0.6 is 0 Å². The Morgan fingerprint density at radius 1 is 1.06 bits per heavy atom. The molecule has 0 unspecified atom stereocenters. The van der Waals surface area contributed by atoms with Gasteiger partial charge in [0.2, 0.25) is 0 Å². The van der Waals surface area contributed by atoms with Crippen molar-refractivity contribution in [2.75, 3.05) is 0 Å².